The Morgan fingerprint density at radius 2 is 2.24 bits per heavy atom. The zero-order valence-electron chi connectivity index (χ0n) is 9.95. The van der Waals surface area contributed by atoms with Crippen LogP contribution in [0, 0.1) is 5.82 Å². The molecule has 0 spiro atoms. The quantitative estimate of drug-likeness (QED) is 0.760. The Kier molecular flexibility index (Phi) is 5.36. The number of rotatable bonds is 6. The molecular formula is C13H17FN2O. The van der Waals surface area contributed by atoms with E-state index in [1.165, 1.54) is 6.07 Å². The number of hydrogen-bond donors (Lipinski definition) is 1. The van der Waals surface area contributed by atoms with Crippen LogP contribution in [0.5, 0.6) is 0 Å². The van der Waals surface area contributed by atoms with Crippen LogP contribution in [0.25, 0.3) is 0 Å². The molecular weight excluding hydrogens is 219 g/mol. The summed E-state index contributed by atoms with van der Waals surface area (Å²) in [5, 5.41) is 2.79. The van der Waals surface area contributed by atoms with Gasteiger partial charge in [0.1, 0.15) is 5.82 Å². The number of halogens is 1. The molecule has 1 N–H and O–H groups in total. The van der Waals surface area contributed by atoms with Crippen molar-refractivity contribution >= 4 is 5.91 Å². The maximum Gasteiger partial charge on any atom is 0.237 e. The molecule has 0 saturated heterocycles. The molecule has 1 aromatic rings. The molecule has 0 aromatic heterocycles. The minimum atomic E-state index is -0.293. The summed E-state index contributed by atoms with van der Waals surface area (Å²) in [6.07, 6.45) is 1.63. The predicted molar refractivity (Wildman–Crippen MR) is 65.9 cm³/mol. The van der Waals surface area contributed by atoms with Crippen molar-refractivity contribution in [2.24, 2.45) is 0 Å². The van der Waals surface area contributed by atoms with Gasteiger partial charge in [0.25, 0.3) is 0 Å². The van der Waals surface area contributed by atoms with Gasteiger partial charge in [0, 0.05) is 18.7 Å². The SMILES string of the molecule is C=CCN(Cc1ccccc1F)C(=O)CNC. The monoisotopic (exact) mass is 236 g/mol. The molecule has 0 aliphatic rings. The van der Waals surface area contributed by atoms with Crippen LogP contribution in [-0.4, -0.2) is 30.9 Å². The Hall–Kier alpha value is -1.68. The average Bonchev–Trinajstić information content (AvgIpc) is 2.31. The van der Waals surface area contributed by atoms with E-state index in [4.69, 9.17) is 0 Å². The summed E-state index contributed by atoms with van der Waals surface area (Å²) >= 11 is 0. The maximum atomic E-state index is 13.5. The first-order chi connectivity index (χ1) is 8.19. The van der Waals surface area contributed by atoms with Gasteiger partial charge in [-0.25, -0.2) is 4.39 Å². The second-order valence-corrected chi connectivity index (χ2v) is 3.68. The summed E-state index contributed by atoms with van der Waals surface area (Å²) < 4.78 is 13.5. The second-order valence-electron chi connectivity index (χ2n) is 3.68. The van der Waals surface area contributed by atoms with Gasteiger partial charge in [-0.3, -0.25) is 4.79 Å². The van der Waals surface area contributed by atoms with Crippen LogP contribution in [0.2, 0.25) is 0 Å². The minimum Gasteiger partial charge on any atom is -0.333 e. The third-order valence-corrected chi connectivity index (χ3v) is 2.35. The van der Waals surface area contributed by atoms with E-state index >= 15 is 0 Å². The zero-order valence-corrected chi connectivity index (χ0v) is 9.95. The number of likely N-dealkylation sites (N-methyl/N-ethyl adjacent to an activating group) is 1. The minimum absolute atomic E-state index is 0.0735. The van der Waals surface area contributed by atoms with Gasteiger partial charge < -0.3 is 10.2 Å². The maximum absolute atomic E-state index is 13.5. The normalized spacial score (nSPS) is 10.0. The van der Waals surface area contributed by atoms with Crippen LogP contribution >= 0.6 is 0 Å². The lowest BCUT2D eigenvalue weighted by Gasteiger charge is -2.21. The Morgan fingerprint density at radius 3 is 2.82 bits per heavy atom. The summed E-state index contributed by atoms with van der Waals surface area (Å²) in [6, 6.07) is 6.46. The molecule has 4 heteroatoms. The van der Waals surface area contributed by atoms with Gasteiger partial charge in [0.05, 0.1) is 6.54 Å². The fourth-order valence-electron chi connectivity index (χ4n) is 1.51. The second kappa shape index (κ2) is 6.81. The molecule has 0 aliphatic carbocycles. The topological polar surface area (TPSA) is 32.3 Å². The number of nitrogens with one attached hydrogen (secondary N) is 1. The molecule has 0 unspecified atom stereocenters. The molecule has 0 bridgehead atoms. The number of benzene rings is 1. The van der Waals surface area contributed by atoms with Crippen LogP contribution in [-0.2, 0) is 11.3 Å². The van der Waals surface area contributed by atoms with Gasteiger partial charge in [-0.15, -0.1) is 6.58 Å². The van der Waals surface area contributed by atoms with E-state index in [2.05, 4.69) is 11.9 Å². The first-order valence-corrected chi connectivity index (χ1v) is 5.45. The highest BCUT2D eigenvalue weighted by molar-refractivity contribution is 5.78. The first kappa shape index (κ1) is 13.4. The van der Waals surface area contributed by atoms with Crippen LogP contribution in [0.4, 0.5) is 4.39 Å². The lowest BCUT2D eigenvalue weighted by molar-refractivity contribution is -0.130. The largest absolute Gasteiger partial charge is 0.333 e. The van der Waals surface area contributed by atoms with E-state index in [1.807, 2.05) is 0 Å². The third kappa shape index (κ3) is 4.00. The fourth-order valence-corrected chi connectivity index (χ4v) is 1.51. The number of hydrogen-bond acceptors (Lipinski definition) is 2. The van der Waals surface area contributed by atoms with Gasteiger partial charge >= 0.3 is 0 Å². The lowest BCUT2D eigenvalue weighted by Crippen LogP contribution is -2.37. The van der Waals surface area contributed by atoms with Crippen molar-refractivity contribution in [2.75, 3.05) is 20.1 Å². The Bertz CT molecular complexity index is 393. The fraction of sp³-hybridized carbons (Fsp3) is 0.308. The molecule has 92 valence electrons. The molecule has 0 fully saturated rings. The molecule has 0 heterocycles. The van der Waals surface area contributed by atoms with Gasteiger partial charge in [0.2, 0.25) is 5.91 Å². The summed E-state index contributed by atoms with van der Waals surface area (Å²) in [7, 11) is 1.70. The number of amides is 1. The third-order valence-electron chi connectivity index (χ3n) is 2.35. The molecule has 0 saturated carbocycles. The van der Waals surface area contributed by atoms with E-state index in [1.54, 1.807) is 36.2 Å². The van der Waals surface area contributed by atoms with Crippen LogP contribution < -0.4 is 5.32 Å². The van der Waals surface area contributed by atoms with E-state index in [0.29, 0.717) is 12.1 Å². The van der Waals surface area contributed by atoms with E-state index < -0.39 is 0 Å². The Balaban J connectivity index is 2.76. The lowest BCUT2D eigenvalue weighted by atomic mass is 10.2. The van der Waals surface area contributed by atoms with Crippen LogP contribution in [0.1, 0.15) is 5.56 Å². The first-order valence-electron chi connectivity index (χ1n) is 5.45. The summed E-state index contributed by atoms with van der Waals surface area (Å²) in [4.78, 5) is 13.3. The molecule has 0 aliphatic heterocycles. The molecule has 0 atom stereocenters. The Labute approximate surface area is 101 Å². The molecule has 1 aromatic carbocycles. The van der Waals surface area contributed by atoms with Crippen molar-refractivity contribution in [2.45, 2.75) is 6.54 Å². The highest BCUT2D eigenvalue weighted by atomic mass is 19.1. The highest BCUT2D eigenvalue weighted by Gasteiger charge is 2.13. The Morgan fingerprint density at radius 1 is 1.53 bits per heavy atom. The predicted octanol–water partition coefficient (Wildman–Crippen LogP) is 1.56. The molecule has 3 nitrogen and oxygen atoms in total. The van der Waals surface area contributed by atoms with Gasteiger partial charge in [-0.05, 0) is 13.1 Å². The van der Waals surface area contributed by atoms with Crippen molar-refractivity contribution in [3.63, 3.8) is 0 Å². The van der Waals surface area contributed by atoms with Crippen molar-refractivity contribution in [1.29, 1.82) is 0 Å². The average molecular weight is 236 g/mol. The molecule has 17 heavy (non-hydrogen) atoms. The van der Waals surface area contributed by atoms with Crippen molar-refractivity contribution in [1.82, 2.24) is 10.2 Å². The molecule has 0 radical (unpaired) electrons. The van der Waals surface area contributed by atoms with Gasteiger partial charge in [-0.1, -0.05) is 24.3 Å². The van der Waals surface area contributed by atoms with Crippen LogP contribution in [0.15, 0.2) is 36.9 Å². The standard InChI is InChI=1S/C13H17FN2O/c1-3-8-16(13(17)9-15-2)10-11-6-4-5-7-12(11)14/h3-7,15H,1,8-10H2,2H3. The summed E-state index contributed by atoms with van der Waals surface area (Å²) in [5.41, 5.74) is 0.513. The number of carbonyl (C=O) groups is 1. The van der Waals surface area contributed by atoms with Gasteiger partial charge in [0.15, 0.2) is 0 Å². The van der Waals surface area contributed by atoms with Crippen molar-refractivity contribution in [3.05, 3.63) is 48.3 Å². The van der Waals surface area contributed by atoms with E-state index in [9.17, 15) is 9.18 Å². The van der Waals surface area contributed by atoms with E-state index in [-0.39, 0.29) is 24.8 Å². The smallest absolute Gasteiger partial charge is 0.237 e. The van der Waals surface area contributed by atoms with Crippen molar-refractivity contribution < 1.29 is 9.18 Å². The summed E-state index contributed by atoms with van der Waals surface area (Å²) in [5.74, 6) is -0.366. The van der Waals surface area contributed by atoms with E-state index in [0.717, 1.165) is 0 Å². The number of nitrogens with zero attached hydrogens (tertiary/aromatic N) is 1. The highest BCUT2D eigenvalue weighted by Crippen LogP contribution is 2.09. The number of carbonyl (C=O) groups excluding carboxylic acids is 1. The molecule has 1 rings (SSSR count). The summed E-state index contributed by atoms with van der Waals surface area (Å²) in [6.45, 7) is 4.51. The van der Waals surface area contributed by atoms with Gasteiger partial charge in [-0.2, -0.15) is 0 Å². The zero-order chi connectivity index (χ0) is 12.7. The van der Waals surface area contributed by atoms with Crippen molar-refractivity contribution in [3.8, 4) is 0 Å². The van der Waals surface area contributed by atoms with Crippen LogP contribution in [0.3, 0.4) is 0 Å². The molecule has 1 amide bonds.